The van der Waals surface area contributed by atoms with E-state index in [0.29, 0.717) is 121 Å². The highest BCUT2D eigenvalue weighted by Crippen LogP contribution is 2.51. The predicted octanol–water partition coefficient (Wildman–Crippen LogP) is 15.5. The number of carbonyl (C=O) groups excluding carboxylic acids is 4. The van der Waals surface area contributed by atoms with E-state index in [2.05, 4.69) is 104 Å². The Hall–Kier alpha value is -13.7. The highest BCUT2D eigenvalue weighted by molar-refractivity contribution is 6.31. The molecule has 29 heteroatoms. The number of aliphatic carboxylic acids is 1. The molecule has 29 nitrogen and oxygen atoms in total. The number of ether oxygens (including phenoxy) is 2. The molecule has 6 fully saturated rings. The van der Waals surface area contributed by atoms with E-state index in [1.807, 2.05) is 109 Å². The Morgan fingerprint density at radius 3 is 1.23 bits per heavy atom. The van der Waals surface area contributed by atoms with Crippen molar-refractivity contribution in [3.8, 4) is 45.3 Å². The highest BCUT2D eigenvalue weighted by atomic mass is 16.6. The summed E-state index contributed by atoms with van der Waals surface area (Å²) in [6, 6.07) is 49.4. The van der Waals surface area contributed by atoms with E-state index in [1.165, 1.54) is 32.1 Å². The van der Waals surface area contributed by atoms with Gasteiger partial charge in [-0.1, -0.05) is 137 Å². The van der Waals surface area contributed by atoms with Crippen LogP contribution in [0.1, 0.15) is 129 Å². The molecule has 5 aromatic heterocycles. The number of ketones is 4. The molecule has 5 saturated heterocycles. The van der Waals surface area contributed by atoms with Crippen molar-refractivity contribution in [1.82, 2.24) is 40.2 Å². The molecule has 0 bridgehead atoms. The first kappa shape index (κ1) is 84.2. The third kappa shape index (κ3) is 15.8. The number of fused-ring (bicyclic) bond motifs is 8. The summed E-state index contributed by atoms with van der Waals surface area (Å²) >= 11 is 0. The Bertz CT molecular complexity index is 6790. The van der Waals surface area contributed by atoms with Crippen LogP contribution in [0.2, 0.25) is 0 Å². The van der Waals surface area contributed by atoms with Crippen molar-refractivity contribution in [3.05, 3.63) is 231 Å². The van der Waals surface area contributed by atoms with E-state index in [9.17, 15) is 33.9 Å². The molecule has 1 unspecified atom stereocenters. The molecule has 4 N–H and O–H groups in total. The van der Waals surface area contributed by atoms with E-state index < -0.39 is 11.9 Å². The number of hydrogen-bond acceptors (Lipinski definition) is 27. The zero-order valence-electron chi connectivity index (χ0n) is 73.3. The number of carbonyl (C=O) groups is 6. The van der Waals surface area contributed by atoms with E-state index in [4.69, 9.17) is 37.1 Å². The number of piperazine rings is 4. The fraction of sp³-hybridized carbons (Fsp3) is 0.333. The summed E-state index contributed by atoms with van der Waals surface area (Å²) in [5.41, 5.74) is 19.1. The van der Waals surface area contributed by atoms with Crippen LogP contribution in [0.15, 0.2) is 186 Å². The van der Waals surface area contributed by atoms with Crippen molar-refractivity contribution in [2.24, 2.45) is 0 Å². The zero-order chi connectivity index (χ0) is 89.2. The molecule has 9 aromatic carbocycles. The standard InChI is InChI=1S/C31H30N4O4.C25H27N3O4.C25H23N3O3.C21H20N4O4/c36-29-22-8-4-5-9-23(22)30-27-26(29)24(32-20-12-10-19(11-13-20)31(37)38)18-25(28(27)33-39-30)35-16-14-34(15-17-35)21-6-2-1-3-7-21;1-27-8-10-28(11-9-27)20-14-16(6-7-17-15-30-12-13-31-17)21-22-23(20)26-32-25(22)19-5-3-2-4-18(19)24(21)29;1-27-10-12-28(13-11-27)20-15-16(8-9-17-5-4-14-30-17)21-22-23(20)26-31-25(22)19-7-3-2-6-18(19)24(21)29;1-24-6-8-25(9-7-24)15-10-14(22-11-16(26)27)17-18-19(15)23-29-21(18)13-5-3-2-4-12(13)20(17)28/h4-5,8-13,18,21,32H,1-3,6-7,14-17H2,(H,37,38);2-5,14,17H,6-13,15H2,1H3;2-7,14-15H,8-13H2,1H3;2-5,10,22H,6-9,11H2,1H3,(H,26,27). The second-order valence-corrected chi connectivity index (χ2v) is 35.6. The number of likely N-dealkylation sites (N-methyl/N-ethyl adjacent to an activating group) is 3. The van der Waals surface area contributed by atoms with Crippen LogP contribution in [0, 0.1) is 0 Å². The minimum Gasteiger partial charge on any atom is -0.480 e. The summed E-state index contributed by atoms with van der Waals surface area (Å²) in [6.07, 6.45) is 11.4. The van der Waals surface area contributed by atoms with Crippen LogP contribution in [-0.4, -0.2) is 250 Å². The van der Waals surface area contributed by atoms with Crippen molar-refractivity contribution in [1.29, 1.82) is 0 Å². The number of carboxylic acids is 2. The van der Waals surface area contributed by atoms with Gasteiger partial charge in [-0.25, -0.2) is 4.79 Å². The van der Waals surface area contributed by atoms with Crippen molar-refractivity contribution < 1.29 is 71.0 Å². The van der Waals surface area contributed by atoms with Gasteiger partial charge in [0.15, 0.2) is 46.2 Å². The molecule has 10 heterocycles. The van der Waals surface area contributed by atoms with Gasteiger partial charge in [-0.2, -0.15) is 0 Å². The van der Waals surface area contributed by atoms with Gasteiger partial charge in [0.05, 0.1) is 98.9 Å². The number of furan rings is 1. The molecule has 14 aromatic rings. The van der Waals surface area contributed by atoms with Crippen molar-refractivity contribution in [2.45, 2.75) is 69.9 Å². The van der Waals surface area contributed by atoms with Crippen LogP contribution in [-0.2, 0) is 33.5 Å². The van der Waals surface area contributed by atoms with E-state index >= 15 is 0 Å². The molecule has 0 spiro atoms. The highest BCUT2D eigenvalue weighted by Gasteiger charge is 2.41. The first-order valence-corrected chi connectivity index (χ1v) is 45.5. The molecule has 10 aliphatic rings. The molecule has 24 rings (SSSR count). The average molecular weight is 1760 g/mol. The fourth-order valence-corrected chi connectivity index (χ4v) is 20.6. The second kappa shape index (κ2) is 35.6. The van der Waals surface area contributed by atoms with Crippen LogP contribution < -0.4 is 30.2 Å². The van der Waals surface area contributed by atoms with Gasteiger partial charge in [-0.15, -0.1) is 0 Å². The first-order valence-electron chi connectivity index (χ1n) is 45.5. The minimum atomic E-state index is -0.993. The molecule has 0 radical (unpaired) electrons. The smallest absolute Gasteiger partial charge is 0.335 e. The summed E-state index contributed by atoms with van der Waals surface area (Å²) in [4.78, 5) is 95.8. The summed E-state index contributed by atoms with van der Waals surface area (Å²) < 4.78 is 40.4. The number of aromatic nitrogens is 4. The summed E-state index contributed by atoms with van der Waals surface area (Å²) in [6.45, 7) is 16.5. The lowest BCUT2D eigenvalue weighted by Crippen LogP contribution is -2.51. The zero-order valence-corrected chi connectivity index (χ0v) is 73.3. The molecule has 1 atom stereocenters. The first-order chi connectivity index (χ1) is 64.0. The number of aryl methyl sites for hydroxylation is 3. The van der Waals surface area contributed by atoms with E-state index in [-0.39, 0.29) is 41.3 Å². The number of nitrogens with one attached hydrogen (secondary N) is 2. The van der Waals surface area contributed by atoms with Crippen LogP contribution in [0.5, 0.6) is 0 Å². The monoisotopic (exact) mass is 1760 g/mol. The van der Waals surface area contributed by atoms with Gasteiger partial charge in [0.1, 0.15) is 34.4 Å². The number of benzene rings is 9. The fourth-order valence-electron chi connectivity index (χ4n) is 20.6. The Kier molecular flexibility index (Phi) is 22.9. The van der Waals surface area contributed by atoms with Crippen molar-refractivity contribution in [2.75, 3.05) is 182 Å². The summed E-state index contributed by atoms with van der Waals surface area (Å²) in [7, 11) is 6.38. The average Bonchev–Trinajstić information content (AvgIpc) is 1.65. The number of rotatable bonds is 17. The lowest BCUT2D eigenvalue weighted by Gasteiger charge is -2.41. The quantitative estimate of drug-likeness (QED) is 0.0658. The molecule has 5 aliphatic heterocycles. The van der Waals surface area contributed by atoms with E-state index in [1.54, 1.807) is 42.7 Å². The number of anilines is 7. The molecular formula is C102H100N14O15. The Balaban J connectivity index is 0.000000106. The number of nitrogens with zero attached hydrogens (tertiary/aromatic N) is 12. The maximum absolute atomic E-state index is 13.8. The van der Waals surface area contributed by atoms with Crippen molar-refractivity contribution >= 4 is 118 Å². The maximum atomic E-state index is 13.8. The summed E-state index contributed by atoms with van der Waals surface area (Å²) in [5, 5.41) is 45.7. The lowest BCUT2D eigenvalue weighted by molar-refractivity contribution is -0.135. The van der Waals surface area contributed by atoms with Crippen LogP contribution in [0.4, 0.5) is 39.8 Å². The maximum Gasteiger partial charge on any atom is 0.335 e. The predicted molar refractivity (Wildman–Crippen MR) is 499 cm³/mol. The number of hydrogen-bond donors (Lipinski definition) is 4. The Morgan fingerprint density at radius 1 is 0.420 bits per heavy atom. The Labute approximate surface area is 754 Å². The lowest BCUT2D eigenvalue weighted by atomic mass is 9.83. The SMILES string of the molecule is CN1CCN(c2cc(CCC3COCCO3)c3c4c(onc24)-c2ccccc2C3=O)CC1.CN1CCN(c2cc(CCc3ccco3)c3c4c(onc24)-c2ccccc2C3=O)CC1.CN1CCN(c2cc(NCC(=O)O)c3c4c(onc24)-c2ccccc2C3=O)CC1.O=C(O)c1ccc(Nc2cc(N3CCN(C4CCCCC4)CC3)c3noc4c3c2C(=O)c2ccccc2-4)cc1. The third-order valence-corrected chi connectivity index (χ3v) is 27.6. The van der Waals surface area contributed by atoms with Gasteiger partial charge in [-0.05, 0) is 125 Å². The van der Waals surface area contributed by atoms with Crippen LogP contribution in [0.25, 0.3) is 88.9 Å². The van der Waals surface area contributed by atoms with Gasteiger partial charge in [0.2, 0.25) is 0 Å². The molecule has 5 aliphatic carbocycles. The number of carboxylic acid groups (broad SMARTS) is 2. The number of aromatic carboxylic acids is 1. The van der Waals surface area contributed by atoms with Crippen LogP contribution >= 0.6 is 0 Å². The minimum absolute atomic E-state index is 0.0515. The van der Waals surface area contributed by atoms with Gasteiger partial charge in [0.25, 0.3) is 0 Å². The molecule has 131 heavy (non-hydrogen) atoms. The molecular weight excluding hydrogens is 1660 g/mol. The van der Waals surface area contributed by atoms with E-state index in [0.717, 1.165) is 225 Å². The largest absolute Gasteiger partial charge is 0.480 e. The molecule has 1 saturated carbocycles. The second-order valence-electron chi connectivity index (χ2n) is 35.6. The molecule has 0 amide bonds. The van der Waals surface area contributed by atoms with Crippen LogP contribution in [0.3, 0.4) is 0 Å². The summed E-state index contributed by atoms with van der Waals surface area (Å²) in [5.74, 6) is 1.40. The Morgan fingerprint density at radius 2 is 0.817 bits per heavy atom. The van der Waals surface area contributed by atoms with Gasteiger partial charge < -0.3 is 87.1 Å². The van der Waals surface area contributed by atoms with Gasteiger partial charge >= 0.3 is 11.9 Å². The topological polar surface area (TPSA) is 329 Å². The normalized spacial score (nSPS) is 17.9. The molecule has 668 valence electrons. The van der Waals surface area contributed by atoms with Gasteiger partial charge in [-0.3, -0.25) is 28.9 Å². The van der Waals surface area contributed by atoms with Gasteiger partial charge in [0, 0.05) is 184 Å². The van der Waals surface area contributed by atoms with Crippen molar-refractivity contribution in [3.63, 3.8) is 0 Å². The third-order valence-electron chi connectivity index (χ3n) is 27.6.